The average molecular weight is 537 g/mol. The van der Waals surface area contributed by atoms with Crippen LogP contribution in [0, 0.1) is 17.7 Å². The summed E-state index contributed by atoms with van der Waals surface area (Å²) >= 11 is 6.65. The predicted molar refractivity (Wildman–Crippen MR) is 138 cm³/mol. The van der Waals surface area contributed by atoms with Gasteiger partial charge in [-0.25, -0.2) is 17.8 Å². The average Bonchev–Trinajstić information content (AvgIpc) is 3.27. The summed E-state index contributed by atoms with van der Waals surface area (Å²) in [5.74, 6) is 1.69. The van der Waals surface area contributed by atoms with Gasteiger partial charge in [0.05, 0.1) is 22.4 Å². The number of sulfonamides is 1. The molecule has 2 heterocycles. The summed E-state index contributed by atoms with van der Waals surface area (Å²) in [7, 11) is -0.356. The fraction of sp³-hybridized carbons (Fsp3) is 0.458. The highest BCUT2D eigenvalue weighted by Gasteiger charge is 2.34. The van der Waals surface area contributed by atoms with Crippen molar-refractivity contribution in [3.63, 3.8) is 0 Å². The molecule has 2 unspecified atom stereocenters. The third kappa shape index (κ3) is 5.63. The number of hydrogen-bond donors (Lipinski definition) is 1. The number of pyridine rings is 1. The summed E-state index contributed by atoms with van der Waals surface area (Å²) in [5, 5.41) is 8.37. The summed E-state index contributed by atoms with van der Waals surface area (Å²) < 4.78 is 44.9. The highest BCUT2D eigenvalue weighted by molar-refractivity contribution is 7.92. The fourth-order valence-corrected chi connectivity index (χ4v) is 4.78. The largest absolute Gasteiger partial charge is 0.419 e. The minimum absolute atomic E-state index is 0.0592. The Morgan fingerprint density at radius 2 is 1.89 bits per heavy atom. The second-order valence-electron chi connectivity index (χ2n) is 9.88. The van der Waals surface area contributed by atoms with Gasteiger partial charge in [-0.15, -0.1) is 10.2 Å². The van der Waals surface area contributed by atoms with E-state index in [2.05, 4.69) is 22.1 Å². The molecule has 1 saturated carbocycles. The Morgan fingerprint density at radius 3 is 2.47 bits per heavy atom. The van der Waals surface area contributed by atoms with E-state index >= 15 is 0 Å². The van der Waals surface area contributed by atoms with Crippen LogP contribution in [0.15, 0.2) is 34.7 Å². The topological polar surface area (TPSA) is 118 Å². The van der Waals surface area contributed by atoms with E-state index in [9.17, 15) is 12.8 Å². The minimum Gasteiger partial charge on any atom is -0.419 e. The maximum absolute atomic E-state index is 13.3. The molecule has 194 valence electrons. The van der Waals surface area contributed by atoms with E-state index in [4.69, 9.17) is 21.8 Å². The lowest BCUT2D eigenvalue weighted by Crippen LogP contribution is -2.35. The van der Waals surface area contributed by atoms with E-state index in [1.165, 1.54) is 19.2 Å². The second kappa shape index (κ2) is 9.60. The third-order valence-electron chi connectivity index (χ3n) is 6.53. The Hall–Kier alpha value is -2.76. The van der Waals surface area contributed by atoms with Gasteiger partial charge >= 0.3 is 0 Å². The van der Waals surface area contributed by atoms with Gasteiger partial charge in [0.25, 0.3) is 0 Å². The van der Waals surface area contributed by atoms with Gasteiger partial charge in [0, 0.05) is 20.6 Å². The number of benzene rings is 1. The number of rotatable bonds is 9. The van der Waals surface area contributed by atoms with Crippen LogP contribution in [0.1, 0.15) is 31.7 Å². The van der Waals surface area contributed by atoms with Crippen LogP contribution in [0.25, 0.3) is 11.5 Å². The Balaban J connectivity index is 1.71. The molecule has 2 N–H and O–H groups in total. The lowest BCUT2D eigenvalue weighted by atomic mass is 9.94. The molecule has 4 rings (SSSR count). The second-order valence-corrected chi connectivity index (χ2v) is 12.3. The van der Waals surface area contributed by atoms with E-state index in [1.807, 2.05) is 11.9 Å². The molecule has 1 fully saturated rings. The normalized spacial score (nSPS) is 19.1. The molecule has 1 aliphatic carbocycles. The van der Waals surface area contributed by atoms with Crippen LogP contribution in [0.3, 0.4) is 0 Å². The molecule has 0 radical (unpaired) electrons. The van der Waals surface area contributed by atoms with Gasteiger partial charge < -0.3 is 15.1 Å². The Kier molecular flexibility index (Phi) is 7.02. The number of aromatic nitrogens is 3. The Labute approximate surface area is 215 Å². The van der Waals surface area contributed by atoms with Crippen molar-refractivity contribution in [2.24, 2.45) is 17.6 Å². The van der Waals surface area contributed by atoms with Crippen LogP contribution in [0.2, 0.25) is 5.02 Å². The molecule has 9 nitrogen and oxygen atoms in total. The first kappa shape index (κ1) is 26.3. The van der Waals surface area contributed by atoms with Crippen LogP contribution in [0.4, 0.5) is 16.0 Å². The molecule has 3 aromatic rings. The summed E-state index contributed by atoms with van der Waals surface area (Å²) in [6.45, 7) is 4.70. The standard InChI is InChI=1S/C24H30ClFN6O3S/c1-14-10-16(14)13-31(3)19-11-18(20(25)21(28-19)32(4)36(5,33)34)22-29-30-23(35-22)24(2,27)12-15-6-8-17(26)9-7-15/h6-9,11,14,16H,10,12-13,27H2,1-5H3/t14?,16?,24-/m1/s1. The van der Waals surface area contributed by atoms with Crippen molar-refractivity contribution >= 4 is 33.3 Å². The van der Waals surface area contributed by atoms with Crippen molar-refractivity contribution in [1.82, 2.24) is 15.2 Å². The molecule has 0 amide bonds. The fourth-order valence-electron chi connectivity index (χ4n) is 3.98. The lowest BCUT2D eigenvalue weighted by Gasteiger charge is -2.23. The highest BCUT2D eigenvalue weighted by atomic mass is 35.5. The van der Waals surface area contributed by atoms with E-state index in [-0.39, 0.29) is 28.4 Å². The monoisotopic (exact) mass is 536 g/mol. The molecular weight excluding hydrogens is 507 g/mol. The van der Waals surface area contributed by atoms with Gasteiger partial charge in [0.1, 0.15) is 11.6 Å². The molecule has 36 heavy (non-hydrogen) atoms. The third-order valence-corrected chi connectivity index (χ3v) is 8.07. The lowest BCUT2D eigenvalue weighted by molar-refractivity contribution is 0.355. The number of halogens is 2. The quantitative estimate of drug-likeness (QED) is 0.438. The zero-order valence-electron chi connectivity index (χ0n) is 20.9. The van der Waals surface area contributed by atoms with E-state index < -0.39 is 15.6 Å². The van der Waals surface area contributed by atoms with Crippen LogP contribution in [0.5, 0.6) is 0 Å². The summed E-state index contributed by atoms with van der Waals surface area (Å²) in [6.07, 6.45) is 2.54. The number of nitrogens with zero attached hydrogens (tertiary/aromatic N) is 5. The zero-order valence-corrected chi connectivity index (χ0v) is 22.4. The molecule has 2 aromatic heterocycles. The molecule has 3 atom stereocenters. The summed E-state index contributed by atoms with van der Waals surface area (Å²) in [4.78, 5) is 6.51. The zero-order chi connectivity index (χ0) is 26.4. The minimum atomic E-state index is -3.64. The SMILES string of the molecule is CC1CC1CN(C)c1cc(-c2nnc([C@](C)(N)Cc3ccc(F)cc3)o2)c(Cl)c(N(C)S(C)(=O)=O)n1. The van der Waals surface area contributed by atoms with Gasteiger partial charge in [-0.1, -0.05) is 30.7 Å². The number of hydrogen-bond acceptors (Lipinski definition) is 8. The predicted octanol–water partition coefficient (Wildman–Crippen LogP) is 3.83. The first-order valence-corrected chi connectivity index (χ1v) is 13.7. The van der Waals surface area contributed by atoms with Crippen molar-refractivity contribution in [3.05, 3.63) is 52.6 Å². The van der Waals surface area contributed by atoms with Crippen molar-refractivity contribution in [3.8, 4) is 11.5 Å². The van der Waals surface area contributed by atoms with Crippen LogP contribution in [-0.2, 0) is 22.0 Å². The Morgan fingerprint density at radius 1 is 1.25 bits per heavy atom. The van der Waals surface area contributed by atoms with Crippen molar-refractivity contribution in [2.75, 3.05) is 36.1 Å². The maximum atomic E-state index is 13.3. The summed E-state index contributed by atoms with van der Waals surface area (Å²) in [6, 6.07) is 7.73. The maximum Gasteiger partial charge on any atom is 0.249 e. The molecule has 0 saturated heterocycles. The highest BCUT2D eigenvalue weighted by Crippen LogP contribution is 2.41. The molecular formula is C24H30ClFN6O3S. The van der Waals surface area contributed by atoms with E-state index in [1.54, 1.807) is 25.1 Å². The van der Waals surface area contributed by atoms with E-state index in [0.29, 0.717) is 29.6 Å². The molecule has 0 aliphatic heterocycles. The van der Waals surface area contributed by atoms with Gasteiger partial charge in [-0.2, -0.15) is 0 Å². The van der Waals surface area contributed by atoms with Crippen LogP contribution < -0.4 is 14.9 Å². The van der Waals surface area contributed by atoms with Crippen molar-refractivity contribution in [2.45, 2.75) is 32.2 Å². The van der Waals surface area contributed by atoms with Gasteiger partial charge in [0.15, 0.2) is 5.82 Å². The van der Waals surface area contributed by atoms with Crippen LogP contribution >= 0.6 is 11.6 Å². The smallest absolute Gasteiger partial charge is 0.249 e. The molecule has 12 heteroatoms. The molecule has 0 spiro atoms. The van der Waals surface area contributed by atoms with Gasteiger partial charge in [0.2, 0.25) is 21.8 Å². The summed E-state index contributed by atoms with van der Waals surface area (Å²) in [5.41, 5.74) is 6.60. The van der Waals surface area contributed by atoms with Crippen molar-refractivity contribution < 1.29 is 17.2 Å². The number of anilines is 2. The van der Waals surface area contributed by atoms with E-state index in [0.717, 1.165) is 29.1 Å². The van der Waals surface area contributed by atoms with Crippen LogP contribution in [-0.4, -0.2) is 50.5 Å². The first-order chi connectivity index (χ1) is 16.8. The van der Waals surface area contributed by atoms with Gasteiger partial charge in [-0.05, 0) is 55.4 Å². The van der Waals surface area contributed by atoms with Crippen molar-refractivity contribution in [1.29, 1.82) is 0 Å². The molecule has 1 aromatic carbocycles. The first-order valence-electron chi connectivity index (χ1n) is 11.5. The molecule has 0 bridgehead atoms. The molecule has 1 aliphatic rings. The Bertz CT molecular complexity index is 1360. The number of nitrogens with two attached hydrogens (primary N) is 1. The van der Waals surface area contributed by atoms with Gasteiger partial charge in [-0.3, -0.25) is 4.31 Å².